The third-order valence-corrected chi connectivity index (χ3v) is 6.50. The highest BCUT2D eigenvalue weighted by molar-refractivity contribution is 7.08. The van der Waals surface area contributed by atoms with Crippen LogP contribution in [0.4, 0.5) is 18.9 Å². The summed E-state index contributed by atoms with van der Waals surface area (Å²) in [4.78, 5) is 30.8. The van der Waals surface area contributed by atoms with E-state index in [1.165, 1.54) is 23.5 Å². The Labute approximate surface area is 170 Å². The molecule has 2 saturated heterocycles. The van der Waals surface area contributed by atoms with Crippen LogP contribution in [-0.4, -0.2) is 60.4 Å². The summed E-state index contributed by atoms with van der Waals surface area (Å²) >= 11 is 1.52. The van der Waals surface area contributed by atoms with Gasteiger partial charge in [-0.05, 0) is 49.2 Å². The highest BCUT2D eigenvalue weighted by Gasteiger charge is 2.48. The van der Waals surface area contributed by atoms with E-state index < -0.39 is 11.7 Å². The predicted octanol–water partition coefficient (Wildman–Crippen LogP) is 3.33. The second kappa shape index (κ2) is 7.14. The number of piperazine rings is 1. The normalized spacial score (nSPS) is 23.2. The van der Waals surface area contributed by atoms with E-state index >= 15 is 0 Å². The maximum atomic E-state index is 12.9. The molecule has 0 N–H and O–H groups in total. The summed E-state index contributed by atoms with van der Waals surface area (Å²) in [6.45, 7) is 1.67. The molecule has 2 amide bonds. The number of halogens is 3. The maximum absolute atomic E-state index is 12.9. The fraction of sp³-hybridized carbons (Fsp3) is 0.400. The first-order chi connectivity index (χ1) is 13.7. The molecule has 1 spiro atoms. The van der Waals surface area contributed by atoms with Crippen molar-refractivity contribution in [2.45, 2.75) is 18.1 Å². The van der Waals surface area contributed by atoms with Crippen molar-refractivity contribution in [3.05, 3.63) is 52.2 Å². The number of benzene rings is 1. The summed E-state index contributed by atoms with van der Waals surface area (Å²) in [5, 5.41) is 3.85. The van der Waals surface area contributed by atoms with Gasteiger partial charge in [0.2, 0.25) is 5.91 Å². The molecule has 29 heavy (non-hydrogen) atoms. The van der Waals surface area contributed by atoms with Crippen molar-refractivity contribution in [1.82, 2.24) is 9.80 Å². The number of hydrogen-bond acceptors (Lipinski definition) is 4. The number of anilines is 1. The van der Waals surface area contributed by atoms with Crippen LogP contribution in [0, 0.1) is 0 Å². The van der Waals surface area contributed by atoms with E-state index in [0.717, 1.165) is 17.8 Å². The molecule has 5 nitrogen and oxygen atoms in total. The van der Waals surface area contributed by atoms with E-state index in [-0.39, 0.29) is 29.5 Å². The summed E-state index contributed by atoms with van der Waals surface area (Å²) in [5.74, 6) is -0.271. The van der Waals surface area contributed by atoms with E-state index in [9.17, 15) is 22.8 Å². The standard InChI is InChI=1S/C20H20F3N3O2S/c1-24-10-17(27)26(16-6-9-29-11-16)13-19(24)7-8-25(12-19)18(28)14-2-4-15(5-3-14)20(21,22)23/h2-6,9,11H,7-8,10,12-13H2,1H3/t19-/m1/s1. The molecular weight excluding hydrogens is 403 g/mol. The van der Waals surface area contributed by atoms with Gasteiger partial charge in [-0.1, -0.05) is 0 Å². The van der Waals surface area contributed by atoms with E-state index in [0.29, 0.717) is 26.1 Å². The minimum Gasteiger partial charge on any atom is -0.337 e. The van der Waals surface area contributed by atoms with Gasteiger partial charge in [-0.2, -0.15) is 24.5 Å². The van der Waals surface area contributed by atoms with Gasteiger partial charge in [-0.25, -0.2) is 0 Å². The molecule has 0 saturated carbocycles. The molecule has 0 radical (unpaired) electrons. The van der Waals surface area contributed by atoms with Gasteiger partial charge in [-0.3, -0.25) is 14.5 Å². The molecule has 2 fully saturated rings. The van der Waals surface area contributed by atoms with Crippen molar-refractivity contribution >= 4 is 28.8 Å². The molecule has 1 aromatic carbocycles. The van der Waals surface area contributed by atoms with E-state index in [2.05, 4.69) is 0 Å². The summed E-state index contributed by atoms with van der Waals surface area (Å²) in [6, 6.07) is 6.22. The molecule has 0 aliphatic carbocycles. The van der Waals surface area contributed by atoms with Gasteiger partial charge in [0.05, 0.1) is 23.3 Å². The van der Waals surface area contributed by atoms with Crippen LogP contribution in [-0.2, 0) is 11.0 Å². The number of carbonyl (C=O) groups excluding carboxylic acids is 2. The first-order valence-corrected chi connectivity index (χ1v) is 10.1. The number of nitrogens with zero attached hydrogens (tertiary/aromatic N) is 3. The minimum atomic E-state index is -4.43. The molecule has 1 atom stereocenters. The van der Waals surface area contributed by atoms with Crippen LogP contribution in [0.2, 0.25) is 0 Å². The highest BCUT2D eigenvalue weighted by Crippen LogP contribution is 2.35. The molecule has 0 unspecified atom stereocenters. The van der Waals surface area contributed by atoms with Crippen LogP contribution in [0.3, 0.4) is 0 Å². The molecule has 3 heterocycles. The number of thiophene rings is 1. The van der Waals surface area contributed by atoms with Gasteiger partial charge in [-0.15, -0.1) is 0 Å². The van der Waals surface area contributed by atoms with Gasteiger partial charge in [0.15, 0.2) is 0 Å². The maximum Gasteiger partial charge on any atom is 0.416 e. The second-order valence-corrected chi connectivity index (χ2v) is 8.37. The molecule has 9 heteroatoms. The lowest BCUT2D eigenvalue weighted by molar-refractivity contribution is -0.137. The Morgan fingerprint density at radius 2 is 1.86 bits per heavy atom. The summed E-state index contributed by atoms with van der Waals surface area (Å²) < 4.78 is 38.3. The SMILES string of the molecule is CN1CC(=O)N(c2ccsc2)C[C@]12CCN(C(=O)c1ccc(C(F)(F)F)cc1)C2. The average Bonchev–Trinajstić information content (AvgIpc) is 3.35. The molecule has 4 rings (SSSR count). The zero-order valence-corrected chi connectivity index (χ0v) is 16.6. The molecule has 154 valence electrons. The molecular formula is C20H20F3N3O2S. The van der Waals surface area contributed by atoms with Gasteiger partial charge in [0, 0.05) is 30.6 Å². The molecule has 1 aromatic heterocycles. The Balaban J connectivity index is 1.51. The average molecular weight is 423 g/mol. The van der Waals surface area contributed by atoms with Crippen LogP contribution in [0.25, 0.3) is 0 Å². The summed E-state index contributed by atoms with van der Waals surface area (Å²) in [7, 11) is 1.88. The topological polar surface area (TPSA) is 43.9 Å². The monoisotopic (exact) mass is 423 g/mol. The van der Waals surface area contributed by atoms with Crippen molar-refractivity contribution in [1.29, 1.82) is 0 Å². The lowest BCUT2D eigenvalue weighted by Crippen LogP contribution is -2.64. The number of hydrogen-bond donors (Lipinski definition) is 0. The number of amides is 2. The first-order valence-electron chi connectivity index (χ1n) is 9.20. The quantitative estimate of drug-likeness (QED) is 0.744. The third kappa shape index (κ3) is 3.64. The lowest BCUT2D eigenvalue weighted by Gasteiger charge is -2.46. The number of rotatable bonds is 2. The van der Waals surface area contributed by atoms with Crippen LogP contribution in [0.5, 0.6) is 0 Å². The van der Waals surface area contributed by atoms with Crippen molar-refractivity contribution in [2.24, 2.45) is 0 Å². The van der Waals surface area contributed by atoms with E-state index in [1.54, 1.807) is 9.80 Å². The Morgan fingerprint density at radius 1 is 1.14 bits per heavy atom. The Hall–Kier alpha value is -2.39. The van der Waals surface area contributed by atoms with Gasteiger partial charge in [0.25, 0.3) is 5.91 Å². The fourth-order valence-electron chi connectivity index (χ4n) is 4.06. The smallest absolute Gasteiger partial charge is 0.337 e. The van der Waals surface area contributed by atoms with Crippen molar-refractivity contribution < 1.29 is 22.8 Å². The zero-order chi connectivity index (χ0) is 20.8. The van der Waals surface area contributed by atoms with Crippen LogP contribution in [0.15, 0.2) is 41.1 Å². The number of carbonyl (C=O) groups is 2. The van der Waals surface area contributed by atoms with Gasteiger partial charge in [0.1, 0.15) is 0 Å². The second-order valence-electron chi connectivity index (χ2n) is 7.59. The Morgan fingerprint density at radius 3 is 2.48 bits per heavy atom. The molecule has 2 aromatic rings. The predicted molar refractivity (Wildman–Crippen MR) is 104 cm³/mol. The van der Waals surface area contributed by atoms with Crippen LogP contribution in [0.1, 0.15) is 22.3 Å². The first kappa shape index (κ1) is 19.9. The number of alkyl halides is 3. The van der Waals surface area contributed by atoms with Crippen molar-refractivity contribution in [3.8, 4) is 0 Å². The largest absolute Gasteiger partial charge is 0.416 e. The van der Waals surface area contributed by atoms with Crippen LogP contribution < -0.4 is 4.90 Å². The summed E-state index contributed by atoms with van der Waals surface area (Å²) in [5.41, 5.74) is -0.0413. The van der Waals surface area contributed by atoms with Crippen molar-refractivity contribution in [2.75, 3.05) is 38.1 Å². The third-order valence-electron chi connectivity index (χ3n) is 5.83. The lowest BCUT2D eigenvalue weighted by atomic mass is 9.93. The molecule has 2 aliphatic heterocycles. The van der Waals surface area contributed by atoms with Gasteiger partial charge >= 0.3 is 6.18 Å². The van der Waals surface area contributed by atoms with Crippen molar-refractivity contribution in [3.63, 3.8) is 0 Å². The molecule has 0 bridgehead atoms. The number of likely N-dealkylation sites (N-methyl/N-ethyl adjacent to an activating group) is 1. The summed E-state index contributed by atoms with van der Waals surface area (Å²) in [6.07, 6.45) is -3.73. The fourth-order valence-corrected chi connectivity index (χ4v) is 4.70. The van der Waals surface area contributed by atoms with E-state index in [4.69, 9.17) is 0 Å². The molecule has 2 aliphatic rings. The number of likely N-dealkylation sites (tertiary alicyclic amines) is 1. The van der Waals surface area contributed by atoms with E-state index in [1.807, 2.05) is 28.8 Å². The Bertz CT molecular complexity index is 914. The zero-order valence-electron chi connectivity index (χ0n) is 15.8. The Kier molecular flexibility index (Phi) is 4.90. The minimum absolute atomic E-state index is 0.0176. The van der Waals surface area contributed by atoms with Crippen LogP contribution >= 0.6 is 11.3 Å². The van der Waals surface area contributed by atoms with Gasteiger partial charge < -0.3 is 9.80 Å². The highest BCUT2D eigenvalue weighted by atomic mass is 32.1.